The summed E-state index contributed by atoms with van der Waals surface area (Å²) in [7, 11) is 0. The van der Waals surface area contributed by atoms with Crippen LogP contribution < -0.4 is 0 Å². The van der Waals surface area contributed by atoms with Crippen LogP contribution >= 0.6 is 0 Å². The van der Waals surface area contributed by atoms with Gasteiger partial charge in [-0.25, -0.2) is 0 Å². The zero-order valence-electron chi connectivity index (χ0n) is 39.7. The Kier molecular flexibility index (Phi) is 9.36. The molecule has 15 rings (SSSR count). The van der Waals surface area contributed by atoms with Gasteiger partial charge in [0.2, 0.25) is 0 Å². The molecule has 0 bridgehead atoms. The van der Waals surface area contributed by atoms with E-state index in [4.69, 9.17) is 8.83 Å². The minimum absolute atomic E-state index is 0.111. The Balaban J connectivity index is 0.918. The summed E-state index contributed by atoms with van der Waals surface area (Å²) in [6.45, 7) is 0. The first-order valence-corrected chi connectivity index (χ1v) is 25.2. The summed E-state index contributed by atoms with van der Waals surface area (Å²) in [5, 5.41) is 14.2. The normalized spacial score (nSPS) is 12.0. The Morgan fingerprint density at radius 1 is 0.233 bits per heavy atom. The molecule has 0 saturated heterocycles. The number of fused-ring (bicyclic) bond motifs is 14. The molecule has 0 fully saturated rings. The average molecular weight is 929 g/mol. The van der Waals surface area contributed by atoms with Gasteiger partial charge in [0.15, 0.2) is 0 Å². The van der Waals surface area contributed by atoms with Crippen LogP contribution in [0, 0.1) is 0 Å². The lowest BCUT2D eigenvalue weighted by molar-refractivity contribution is 0.670. The minimum Gasteiger partial charge on any atom is -0.455 e. The van der Waals surface area contributed by atoms with Crippen LogP contribution in [-0.4, -0.2) is 0 Å². The molecule has 15 aromatic rings. The van der Waals surface area contributed by atoms with Crippen molar-refractivity contribution in [2.24, 2.45) is 0 Å². The third-order valence-electron chi connectivity index (χ3n) is 15.3. The van der Waals surface area contributed by atoms with Crippen molar-refractivity contribution in [2.75, 3.05) is 0 Å². The Hall–Kier alpha value is -9.50. The lowest BCUT2D eigenvalue weighted by Crippen LogP contribution is -2.04. The molecule has 13 aromatic carbocycles. The highest BCUT2D eigenvalue weighted by Gasteiger charge is 2.24. The van der Waals surface area contributed by atoms with Gasteiger partial charge in [-0.1, -0.05) is 237 Å². The van der Waals surface area contributed by atoms with Crippen LogP contribution in [0.4, 0.5) is 0 Å². The monoisotopic (exact) mass is 928 g/mol. The van der Waals surface area contributed by atoms with Crippen molar-refractivity contribution < 1.29 is 8.83 Å². The lowest BCUT2D eigenvalue weighted by Gasteiger charge is -2.21. The van der Waals surface area contributed by atoms with E-state index >= 15 is 0 Å². The van der Waals surface area contributed by atoms with Gasteiger partial charge in [-0.05, 0) is 117 Å². The first kappa shape index (κ1) is 41.3. The van der Waals surface area contributed by atoms with Crippen LogP contribution in [0.5, 0.6) is 0 Å². The molecular formula is C71H44O2. The van der Waals surface area contributed by atoms with Crippen molar-refractivity contribution in [3.8, 4) is 44.5 Å². The van der Waals surface area contributed by atoms with E-state index in [0.29, 0.717) is 0 Å². The summed E-state index contributed by atoms with van der Waals surface area (Å²) < 4.78 is 14.0. The Morgan fingerprint density at radius 2 is 0.603 bits per heavy atom. The quantitative estimate of drug-likeness (QED) is 0.149. The molecule has 0 saturated carbocycles. The second kappa shape index (κ2) is 16.6. The fraction of sp³-hybridized carbons (Fsp3) is 0.0141. The molecule has 2 heterocycles. The first-order chi connectivity index (χ1) is 36.2. The Labute approximate surface area is 421 Å². The zero-order valence-corrected chi connectivity index (χ0v) is 39.7. The van der Waals surface area contributed by atoms with E-state index in [9.17, 15) is 0 Å². The summed E-state index contributed by atoms with van der Waals surface area (Å²) in [4.78, 5) is 0. The second-order valence-corrected chi connectivity index (χ2v) is 19.5. The molecule has 0 amide bonds. The maximum Gasteiger partial charge on any atom is 0.143 e. The predicted molar refractivity (Wildman–Crippen MR) is 307 cm³/mol. The summed E-state index contributed by atoms with van der Waals surface area (Å²) in [5.41, 5.74) is 16.3. The van der Waals surface area contributed by atoms with E-state index in [-0.39, 0.29) is 5.92 Å². The molecule has 2 aromatic heterocycles. The van der Waals surface area contributed by atoms with Gasteiger partial charge < -0.3 is 8.83 Å². The van der Waals surface area contributed by atoms with Crippen LogP contribution in [0.1, 0.15) is 22.6 Å². The van der Waals surface area contributed by atoms with Gasteiger partial charge in [-0.15, -0.1) is 0 Å². The van der Waals surface area contributed by atoms with Gasteiger partial charge >= 0.3 is 0 Å². The van der Waals surface area contributed by atoms with Gasteiger partial charge in [-0.2, -0.15) is 0 Å². The number of hydrogen-bond acceptors (Lipinski definition) is 2. The molecule has 0 unspecified atom stereocenters. The smallest absolute Gasteiger partial charge is 0.143 e. The molecule has 0 N–H and O–H groups in total. The van der Waals surface area contributed by atoms with Gasteiger partial charge in [-0.3, -0.25) is 0 Å². The topological polar surface area (TPSA) is 26.3 Å². The molecule has 0 spiro atoms. The van der Waals surface area contributed by atoms with Crippen LogP contribution in [0.15, 0.2) is 270 Å². The van der Waals surface area contributed by atoms with Crippen LogP contribution in [0.25, 0.3) is 131 Å². The minimum atomic E-state index is -0.111. The molecule has 73 heavy (non-hydrogen) atoms. The van der Waals surface area contributed by atoms with Crippen molar-refractivity contribution in [1.82, 2.24) is 0 Å². The third kappa shape index (κ3) is 6.72. The van der Waals surface area contributed by atoms with Gasteiger partial charge in [0.1, 0.15) is 22.3 Å². The van der Waals surface area contributed by atoms with Crippen LogP contribution in [-0.2, 0) is 0 Å². The van der Waals surface area contributed by atoms with Crippen LogP contribution in [0.3, 0.4) is 0 Å². The Bertz CT molecular complexity index is 4410. The maximum atomic E-state index is 6.98. The molecule has 0 aliphatic heterocycles. The van der Waals surface area contributed by atoms with Crippen molar-refractivity contribution >= 4 is 87.0 Å². The van der Waals surface area contributed by atoms with Gasteiger partial charge in [0.05, 0.1) is 0 Å². The molecule has 0 radical (unpaired) electrons. The van der Waals surface area contributed by atoms with E-state index in [1.807, 2.05) is 0 Å². The molecular weight excluding hydrogens is 885 g/mol. The van der Waals surface area contributed by atoms with Crippen LogP contribution in [0.2, 0.25) is 0 Å². The Morgan fingerprint density at radius 3 is 1.07 bits per heavy atom. The number of furan rings is 2. The third-order valence-corrected chi connectivity index (χ3v) is 15.3. The standard InChI is InChI=1S/C71H44O2/c1-2-14-44(15-3-1)45-28-30-46(31-29-45)47-32-34-50(35-33-47)65(55-22-12-20-51(40-55)61-42-53-18-6-10-26-59(53)68-66-57-24-8-4-16-48(57)36-38-63(66)72-70(61)68)56-23-13-21-52(41-56)62-43-54-19-7-11-27-60(54)69-67-58-25-9-5-17-49(58)37-39-64(67)73-71(62)69/h1-43,65H. The first-order valence-electron chi connectivity index (χ1n) is 25.2. The largest absolute Gasteiger partial charge is 0.455 e. The SMILES string of the molecule is c1ccc(-c2ccc(-c3ccc(C(c4cccc(-c5cc6ccccc6c6c5oc5ccc7ccccc7c56)c4)c4cccc(-c5cc6ccccc6c6c5oc5ccc7ccccc7c56)c4)cc3)cc2)cc1. The predicted octanol–water partition coefficient (Wildman–Crippen LogP) is 19.9. The van der Waals surface area contributed by atoms with Crippen molar-refractivity contribution in [1.29, 1.82) is 0 Å². The second-order valence-electron chi connectivity index (χ2n) is 19.5. The van der Waals surface area contributed by atoms with E-state index in [0.717, 1.165) is 66.1 Å². The molecule has 0 atom stereocenters. The summed E-state index contributed by atoms with van der Waals surface area (Å²) in [6.07, 6.45) is 0. The number of benzene rings is 13. The van der Waals surface area contributed by atoms with Gasteiger partial charge in [0.25, 0.3) is 0 Å². The fourth-order valence-corrected chi connectivity index (χ4v) is 11.9. The maximum absolute atomic E-state index is 6.98. The lowest BCUT2D eigenvalue weighted by atomic mass is 9.82. The average Bonchev–Trinajstić information content (AvgIpc) is 4.07. The van der Waals surface area contributed by atoms with Gasteiger partial charge in [0, 0.05) is 38.6 Å². The molecule has 2 heteroatoms. The highest BCUT2D eigenvalue weighted by molar-refractivity contribution is 6.30. The van der Waals surface area contributed by atoms with E-state index in [1.165, 1.54) is 82.0 Å². The summed E-state index contributed by atoms with van der Waals surface area (Å²) >= 11 is 0. The zero-order chi connectivity index (χ0) is 48.0. The summed E-state index contributed by atoms with van der Waals surface area (Å²) in [6, 6.07) is 95.0. The molecule has 0 aliphatic carbocycles. The molecule has 2 nitrogen and oxygen atoms in total. The van der Waals surface area contributed by atoms with Crippen molar-refractivity contribution in [2.45, 2.75) is 5.92 Å². The number of rotatable bonds is 7. The van der Waals surface area contributed by atoms with E-state index in [2.05, 4.69) is 261 Å². The highest BCUT2D eigenvalue weighted by Crippen LogP contribution is 2.47. The molecule has 340 valence electrons. The van der Waals surface area contributed by atoms with E-state index < -0.39 is 0 Å². The van der Waals surface area contributed by atoms with Crippen molar-refractivity contribution in [3.05, 3.63) is 278 Å². The fourth-order valence-electron chi connectivity index (χ4n) is 11.9. The summed E-state index contributed by atoms with van der Waals surface area (Å²) in [5.74, 6) is -0.111. The van der Waals surface area contributed by atoms with Crippen molar-refractivity contribution in [3.63, 3.8) is 0 Å². The number of hydrogen-bond donors (Lipinski definition) is 0. The molecule has 0 aliphatic rings. The highest BCUT2D eigenvalue weighted by atomic mass is 16.3. The van der Waals surface area contributed by atoms with E-state index in [1.54, 1.807) is 0 Å².